The molecule has 1 aromatic rings. The molecule has 1 heterocycles. The summed E-state index contributed by atoms with van der Waals surface area (Å²) in [5.41, 5.74) is 0.402. The van der Waals surface area contributed by atoms with E-state index < -0.39 is 10.0 Å². The zero-order valence-corrected chi connectivity index (χ0v) is 13.9. The maximum atomic E-state index is 12.0. The fraction of sp³-hybridized carbons (Fsp3) is 0.500. The summed E-state index contributed by atoms with van der Waals surface area (Å²) in [6.07, 6.45) is 2.98. The van der Waals surface area contributed by atoms with Crippen molar-refractivity contribution in [3.8, 4) is 0 Å². The van der Waals surface area contributed by atoms with Crippen LogP contribution in [-0.2, 0) is 19.6 Å². The molecule has 8 heteroatoms. The van der Waals surface area contributed by atoms with E-state index in [0.29, 0.717) is 23.9 Å². The van der Waals surface area contributed by atoms with Gasteiger partial charge in [-0.15, -0.1) is 0 Å². The molecular weight excluding hydrogens is 328 g/mol. The van der Waals surface area contributed by atoms with Crippen LogP contribution >= 0.6 is 11.6 Å². The SMILES string of the molecule is CS(=O)(=O)N(CC(=O)NCC1CCCO1)c1ccc(Cl)cc1. The van der Waals surface area contributed by atoms with Gasteiger partial charge in [-0.05, 0) is 37.1 Å². The van der Waals surface area contributed by atoms with Crippen molar-refractivity contribution >= 4 is 33.2 Å². The minimum atomic E-state index is -3.57. The molecular formula is C14H19ClN2O4S. The number of nitrogens with zero attached hydrogens (tertiary/aromatic N) is 1. The summed E-state index contributed by atoms with van der Waals surface area (Å²) in [4.78, 5) is 12.0. The van der Waals surface area contributed by atoms with Crippen LogP contribution in [-0.4, -0.2) is 46.4 Å². The van der Waals surface area contributed by atoms with E-state index in [-0.39, 0.29) is 18.6 Å². The van der Waals surface area contributed by atoms with Crippen molar-refractivity contribution in [1.29, 1.82) is 0 Å². The first kappa shape index (κ1) is 17.1. The minimum absolute atomic E-state index is 0.0196. The number of rotatable bonds is 6. The van der Waals surface area contributed by atoms with Gasteiger partial charge in [0, 0.05) is 18.2 Å². The van der Waals surface area contributed by atoms with Crippen LogP contribution < -0.4 is 9.62 Å². The molecule has 1 N–H and O–H groups in total. The first-order valence-corrected chi connectivity index (χ1v) is 9.20. The summed E-state index contributed by atoms with van der Waals surface area (Å²) in [7, 11) is -3.57. The lowest BCUT2D eigenvalue weighted by molar-refractivity contribution is -0.120. The lowest BCUT2D eigenvalue weighted by atomic mass is 10.2. The molecule has 1 aliphatic heterocycles. The van der Waals surface area contributed by atoms with E-state index >= 15 is 0 Å². The zero-order valence-electron chi connectivity index (χ0n) is 12.3. The Morgan fingerprint density at radius 2 is 2.09 bits per heavy atom. The summed E-state index contributed by atoms with van der Waals surface area (Å²) in [5, 5.41) is 3.21. The Morgan fingerprint density at radius 3 is 2.64 bits per heavy atom. The van der Waals surface area contributed by atoms with E-state index in [1.54, 1.807) is 24.3 Å². The van der Waals surface area contributed by atoms with E-state index in [0.717, 1.165) is 23.4 Å². The number of carbonyl (C=O) groups is 1. The molecule has 1 aromatic carbocycles. The van der Waals surface area contributed by atoms with Crippen molar-refractivity contribution in [2.45, 2.75) is 18.9 Å². The van der Waals surface area contributed by atoms with Crippen molar-refractivity contribution in [2.24, 2.45) is 0 Å². The number of carbonyl (C=O) groups excluding carboxylic acids is 1. The number of halogens is 1. The number of hydrogen-bond donors (Lipinski definition) is 1. The van der Waals surface area contributed by atoms with E-state index in [2.05, 4.69) is 5.32 Å². The average Bonchev–Trinajstić information content (AvgIpc) is 2.96. The number of sulfonamides is 1. The van der Waals surface area contributed by atoms with Crippen LogP contribution in [0.15, 0.2) is 24.3 Å². The maximum Gasteiger partial charge on any atom is 0.240 e. The molecule has 0 saturated carbocycles. The normalized spacial score (nSPS) is 18.2. The minimum Gasteiger partial charge on any atom is -0.376 e. The van der Waals surface area contributed by atoms with Crippen molar-refractivity contribution in [2.75, 3.05) is 30.3 Å². The van der Waals surface area contributed by atoms with Crippen LogP contribution in [0.25, 0.3) is 0 Å². The second-order valence-electron chi connectivity index (χ2n) is 5.19. The third-order valence-electron chi connectivity index (χ3n) is 3.35. The van der Waals surface area contributed by atoms with Crippen LogP contribution in [0.2, 0.25) is 5.02 Å². The highest BCUT2D eigenvalue weighted by atomic mass is 35.5. The average molecular weight is 347 g/mol. The summed E-state index contributed by atoms with van der Waals surface area (Å²) in [6, 6.07) is 6.30. The molecule has 1 amide bonds. The smallest absolute Gasteiger partial charge is 0.240 e. The second kappa shape index (κ2) is 7.30. The highest BCUT2D eigenvalue weighted by Crippen LogP contribution is 2.20. The number of hydrogen-bond acceptors (Lipinski definition) is 4. The molecule has 0 bridgehead atoms. The van der Waals surface area contributed by atoms with Gasteiger partial charge in [0.1, 0.15) is 6.54 Å². The standard InChI is InChI=1S/C14H19ClN2O4S/c1-22(19,20)17(12-6-4-11(15)5-7-12)10-14(18)16-9-13-3-2-8-21-13/h4-7,13H,2-3,8-10H2,1H3,(H,16,18). The van der Waals surface area contributed by atoms with Gasteiger partial charge in [0.25, 0.3) is 0 Å². The summed E-state index contributed by atoms with van der Waals surface area (Å²) in [5.74, 6) is -0.365. The molecule has 1 aliphatic rings. The number of anilines is 1. The summed E-state index contributed by atoms with van der Waals surface area (Å²) < 4.78 is 30.3. The van der Waals surface area contributed by atoms with Gasteiger partial charge in [-0.1, -0.05) is 11.6 Å². The van der Waals surface area contributed by atoms with Gasteiger partial charge >= 0.3 is 0 Å². The molecule has 1 atom stereocenters. The van der Waals surface area contributed by atoms with Crippen LogP contribution in [0.3, 0.4) is 0 Å². The van der Waals surface area contributed by atoms with Gasteiger partial charge in [0.15, 0.2) is 0 Å². The first-order valence-electron chi connectivity index (χ1n) is 6.98. The van der Waals surface area contributed by atoms with Gasteiger partial charge in [-0.2, -0.15) is 0 Å². The summed E-state index contributed by atoms with van der Waals surface area (Å²) in [6.45, 7) is 0.838. The van der Waals surface area contributed by atoms with Crippen LogP contribution in [0.4, 0.5) is 5.69 Å². The van der Waals surface area contributed by atoms with Crippen LogP contribution in [0, 0.1) is 0 Å². The highest BCUT2D eigenvalue weighted by molar-refractivity contribution is 7.92. The predicted molar refractivity (Wildman–Crippen MR) is 85.6 cm³/mol. The Balaban J connectivity index is 2.00. The van der Waals surface area contributed by atoms with E-state index in [9.17, 15) is 13.2 Å². The Labute approximate surface area is 135 Å². The fourth-order valence-corrected chi connectivity index (χ4v) is 3.21. The quantitative estimate of drug-likeness (QED) is 0.844. The first-order chi connectivity index (χ1) is 10.4. The topological polar surface area (TPSA) is 75.7 Å². The Bertz CT molecular complexity index is 612. The highest BCUT2D eigenvalue weighted by Gasteiger charge is 2.22. The number of amides is 1. The Morgan fingerprint density at radius 1 is 1.41 bits per heavy atom. The molecule has 0 aromatic heterocycles. The van der Waals surface area contributed by atoms with Gasteiger partial charge in [-0.25, -0.2) is 8.42 Å². The number of benzene rings is 1. The van der Waals surface area contributed by atoms with Gasteiger partial charge < -0.3 is 10.1 Å². The lowest BCUT2D eigenvalue weighted by Gasteiger charge is -2.22. The molecule has 1 unspecified atom stereocenters. The van der Waals surface area contributed by atoms with E-state index in [4.69, 9.17) is 16.3 Å². The lowest BCUT2D eigenvalue weighted by Crippen LogP contribution is -2.42. The third-order valence-corrected chi connectivity index (χ3v) is 4.75. The molecule has 1 saturated heterocycles. The molecule has 0 spiro atoms. The van der Waals surface area contributed by atoms with Crippen LogP contribution in [0.1, 0.15) is 12.8 Å². The largest absolute Gasteiger partial charge is 0.376 e. The second-order valence-corrected chi connectivity index (χ2v) is 7.53. The van der Waals surface area contributed by atoms with Crippen molar-refractivity contribution in [3.63, 3.8) is 0 Å². The molecule has 22 heavy (non-hydrogen) atoms. The molecule has 122 valence electrons. The molecule has 1 fully saturated rings. The van der Waals surface area contributed by atoms with E-state index in [1.807, 2.05) is 0 Å². The van der Waals surface area contributed by atoms with Crippen LogP contribution in [0.5, 0.6) is 0 Å². The fourth-order valence-electron chi connectivity index (χ4n) is 2.23. The predicted octanol–water partition coefficient (Wildman–Crippen LogP) is 1.40. The van der Waals surface area contributed by atoms with Gasteiger partial charge in [-0.3, -0.25) is 9.10 Å². The van der Waals surface area contributed by atoms with E-state index in [1.165, 1.54) is 0 Å². The Kier molecular flexibility index (Phi) is 5.66. The van der Waals surface area contributed by atoms with Crippen molar-refractivity contribution in [3.05, 3.63) is 29.3 Å². The monoisotopic (exact) mass is 346 g/mol. The molecule has 2 rings (SSSR count). The molecule has 0 aliphatic carbocycles. The zero-order chi connectivity index (χ0) is 16.2. The Hall–Kier alpha value is -1.31. The number of ether oxygens (including phenoxy) is 1. The van der Waals surface area contributed by atoms with Gasteiger partial charge in [0.2, 0.25) is 15.9 Å². The molecule has 6 nitrogen and oxygen atoms in total. The maximum absolute atomic E-state index is 12.0. The van der Waals surface area contributed by atoms with Crippen molar-refractivity contribution in [1.82, 2.24) is 5.32 Å². The third kappa shape index (κ3) is 4.86. The van der Waals surface area contributed by atoms with Crippen molar-refractivity contribution < 1.29 is 17.9 Å². The van der Waals surface area contributed by atoms with Gasteiger partial charge in [0.05, 0.1) is 18.0 Å². The molecule has 0 radical (unpaired) electrons. The number of nitrogens with one attached hydrogen (secondary N) is 1. The summed E-state index contributed by atoms with van der Waals surface area (Å²) >= 11 is 5.80.